The van der Waals surface area contributed by atoms with Gasteiger partial charge in [-0.3, -0.25) is 4.79 Å². The molecule has 1 atom stereocenters. The first-order valence-electron chi connectivity index (χ1n) is 4.95. The molecule has 2 nitrogen and oxygen atoms in total. The van der Waals surface area contributed by atoms with Crippen molar-refractivity contribution in [3.63, 3.8) is 0 Å². The number of ketones is 1. The Balaban J connectivity index is 2.13. The van der Waals surface area contributed by atoms with Crippen molar-refractivity contribution in [3.05, 3.63) is 29.8 Å². The minimum absolute atomic E-state index is 0.394. The number of carbonyl (C=O) groups is 1. The van der Waals surface area contributed by atoms with Gasteiger partial charge in [0.1, 0.15) is 11.5 Å². The van der Waals surface area contributed by atoms with E-state index in [9.17, 15) is 4.79 Å². The summed E-state index contributed by atoms with van der Waals surface area (Å²) >= 11 is 0. The smallest absolute Gasteiger partial charge is 0.133 e. The molecule has 1 aliphatic carbocycles. The molecule has 0 aromatic heterocycles. The lowest BCUT2D eigenvalue weighted by molar-refractivity contribution is -0.117. The number of hydrogen-bond donors (Lipinski definition) is 0. The molecule has 0 unspecified atom stereocenters. The highest BCUT2D eigenvalue weighted by Gasteiger charge is 2.23. The van der Waals surface area contributed by atoms with E-state index in [1.165, 1.54) is 5.56 Å². The third-order valence-electron chi connectivity index (χ3n) is 2.83. The quantitative estimate of drug-likeness (QED) is 0.716. The van der Waals surface area contributed by atoms with Gasteiger partial charge in [0.15, 0.2) is 0 Å². The molecule has 1 aromatic carbocycles. The first kappa shape index (κ1) is 9.25. The van der Waals surface area contributed by atoms with Crippen LogP contribution in [0.25, 0.3) is 0 Å². The van der Waals surface area contributed by atoms with Gasteiger partial charge in [0.2, 0.25) is 0 Å². The van der Waals surface area contributed by atoms with Crippen molar-refractivity contribution < 1.29 is 9.53 Å². The van der Waals surface area contributed by atoms with Crippen LogP contribution in [0.3, 0.4) is 0 Å². The zero-order valence-corrected chi connectivity index (χ0v) is 8.32. The zero-order chi connectivity index (χ0) is 9.97. The summed E-state index contributed by atoms with van der Waals surface area (Å²) in [5, 5.41) is 0. The molecule has 0 bridgehead atoms. The van der Waals surface area contributed by atoms with Crippen molar-refractivity contribution in [2.45, 2.75) is 25.2 Å². The topological polar surface area (TPSA) is 26.3 Å². The van der Waals surface area contributed by atoms with Crippen molar-refractivity contribution in [1.29, 1.82) is 0 Å². The molecule has 0 amide bonds. The molecule has 1 aromatic rings. The van der Waals surface area contributed by atoms with Crippen LogP contribution >= 0.6 is 0 Å². The highest BCUT2D eigenvalue weighted by Crippen LogP contribution is 2.32. The molecule has 14 heavy (non-hydrogen) atoms. The van der Waals surface area contributed by atoms with Gasteiger partial charge in [0, 0.05) is 12.8 Å². The Morgan fingerprint density at radius 2 is 2.00 bits per heavy atom. The SMILES string of the molecule is COc1ccc([C@H]2CCC(=O)C2)cc1. The molecule has 0 spiro atoms. The van der Waals surface area contributed by atoms with Crippen molar-refractivity contribution >= 4 is 5.78 Å². The second kappa shape index (κ2) is 3.82. The summed E-state index contributed by atoms with van der Waals surface area (Å²) in [6.45, 7) is 0. The highest BCUT2D eigenvalue weighted by atomic mass is 16.5. The maximum Gasteiger partial charge on any atom is 0.133 e. The summed E-state index contributed by atoms with van der Waals surface area (Å²) in [6.07, 6.45) is 2.47. The molecule has 1 saturated carbocycles. The van der Waals surface area contributed by atoms with Gasteiger partial charge >= 0.3 is 0 Å². The van der Waals surface area contributed by atoms with Gasteiger partial charge in [-0.2, -0.15) is 0 Å². The van der Waals surface area contributed by atoms with Gasteiger partial charge in [0.05, 0.1) is 7.11 Å². The van der Waals surface area contributed by atoms with Crippen LogP contribution in [0.2, 0.25) is 0 Å². The molecule has 0 saturated heterocycles. The second-order valence-electron chi connectivity index (χ2n) is 3.75. The number of rotatable bonds is 2. The lowest BCUT2D eigenvalue weighted by Crippen LogP contribution is -1.94. The molecule has 74 valence electrons. The Bertz CT molecular complexity index is 327. The average molecular weight is 190 g/mol. The Labute approximate surface area is 83.9 Å². The summed E-state index contributed by atoms with van der Waals surface area (Å²) in [7, 11) is 1.66. The normalized spacial score (nSPS) is 21.2. The standard InChI is InChI=1S/C12H14O2/c1-14-12-6-3-9(4-7-12)10-2-5-11(13)8-10/h3-4,6-7,10H,2,5,8H2,1H3/t10-/m0/s1. The summed E-state index contributed by atoms with van der Waals surface area (Å²) in [6, 6.07) is 8.03. The Hall–Kier alpha value is -1.31. The Morgan fingerprint density at radius 3 is 2.50 bits per heavy atom. The summed E-state index contributed by atoms with van der Waals surface area (Å²) in [5.74, 6) is 1.71. The van der Waals surface area contributed by atoms with Crippen LogP contribution in [-0.2, 0) is 4.79 Å². The van der Waals surface area contributed by atoms with E-state index in [0.717, 1.165) is 18.6 Å². The Morgan fingerprint density at radius 1 is 1.29 bits per heavy atom. The summed E-state index contributed by atoms with van der Waals surface area (Å²) in [5.41, 5.74) is 1.26. The van der Waals surface area contributed by atoms with Gasteiger partial charge in [-0.25, -0.2) is 0 Å². The fourth-order valence-electron chi connectivity index (χ4n) is 1.97. The van der Waals surface area contributed by atoms with Crippen molar-refractivity contribution in [1.82, 2.24) is 0 Å². The lowest BCUT2D eigenvalue weighted by atomic mass is 9.98. The van der Waals surface area contributed by atoms with Crippen LogP contribution in [0, 0.1) is 0 Å². The summed E-state index contributed by atoms with van der Waals surface area (Å²) < 4.78 is 5.09. The first-order valence-corrected chi connectivity index (χ1v) is 4.95. The van der Waals surface area contributed by atoms with Crippen molar-refractivity contribution in [3.8, 4) is 5.75 Å². The van der Waals surface area contributed by atoms with Crippen molar-refractivity contribution in [2.24, 2.45) is 0 Å². The van der Waals surface area contributed by atoms with Gasteiger partial charge in [-0.15, -0.1) is 0 Å². The van der Waals surface area contributed by atoms with Crippen LogP contribution < -0.4 is 4.74 Å². The third-order valence-corrected chi connectivity index (χ3v) is 2.83. The van der Waals surface area contributed by atoms with Crippen molar-refractivity contribution in [2.75, 3.05) is 7.11 Å². The number of ether oxygens (including phenoxy) is 1. The van der Waals surface area contributed by atoms with Gasteiger partial charge < -0.3 is 4.74 Å². The van der Waals surface area contributed by atoms with Crippen LogP contribution in [-0.4, -0.2) is 12.9 Å². The molecule has 2 rings (SSSR count). The minimum atomic E-state index is 0.394. The number of benzene rings is 1. The van der Waals surface area contributed by atoms with E-state index in [1.807, 2.05) is 12.1 Å². The number of carbonyl (C=O) groups excluding carboxylic acids is 1. The fraction of sp³-hybridized carbons (Fsp3) is 0.417. The summed E-state index contributed by atoms with van der Waals surface area (Å²) in [4.78, 5) is 11.1. The highest BCUT2D eigenvalue weighted by molar-refractivity contribution is 5.81. The van der Waals surface area contributed by atoms with E-state index in [-0.39, 0.29) is 0 Å². The lowest BCUT2D eigenvalue weighted by Gasteiger charge is -2.08. The predicted molar refractivity (Wildman–Crippen MR) is 54.6 cm³/mol. The molecule has 0 radical (unpaired) electrons. The maximum atomic E-state index is 11.1. The van der Waals surface area contributed by atoms with Crippen LogP contribution in [0.4, 0.5) is 0 Å². The van der Waals surface area contributed by atoms with E-state index in [4.69, 9.17) is 4.74 Å². The molecule has 0 N–H and O–H groups in total. The Kier molecular flexibility index (Phi) is 2.53. The molecule has 1 fully saturated rings. The first-order chi connectivity index (χ1) is 6.79. The third kappa shape index (κ3) is 1.79. The van der Waals surface area contributed by atoms with E-state index in [0.29, 0.717) is 18.1 Å². The number of methoxy groups -OCH3 is 1. The average Bonchev–Trinajstić information content (AvgIpc) is 2.65. The molecular formula is C12H14O2. The van der Waals surface area contributed by atoms with Gasteiger partial charge in [0.25, 0.3) is 0 Å². The van der Waals surface area contributed by atoms with E-state index in [2.05, 4.69) is 12.1 Å². The molecule has 1 aliphatic rings. The number of hydrogen-bond acceptors (Lipinski definition) is 2. The molecular weight excluding hydrogens is 176 g/mol. The van der Waals surface area contributed by atoms with E-state index >= 15 is 0 Å². The van der Waals surface area contributed by atoms with Gasteiger partial charge in [-0.1, -0.05) is 12.1 Å². The van der Waals surface area contributed by atoms with Crippen LogP contribution in [0.15, 0.2) is 24.3 Å². The van der Waals surface area contributed by atoms with E-state index in [1.54, 1.807) is 7.11 Å². The fourth-order valence-corrected chi connectivity index (χ4v) is 1.97. The minimum Gasteiger partial charge on any atom is -0.497 e. The number of Topliss-reactive ketones (excluding diaryl/α,β-unsaturated/α-hetero) is 1. The maximum absolute atomic E-state index is 11.1. The molecule has 0 heterocycles. The van der Waals surface area contributed by atoms with Gasteiger partial charge in [-0.05, 0) is 30.0 Å². The van der Waals surface area contributed by atoms with Crippen LogP contribution in [0.1, 0.15) is 30.7 Å². The zero-order valence-electron chi connectivity index (χ0n) is 8.32. The largest absolute Gasteiger partial charge is 0.497 e. The predicted octanol–water partition coefficient (Wildman–Crippen LogP) is 2.53. The van der Waals surface area contributed by atoms with Crippen LogP contribution in [0.5, 0.6) is 5.75 Å². The monoisotopic (exact) mass is 190 g/mol. The second-order valence-corrected chi connectivity index (χ2v) is 3.75. The molecule has 2 heteroatoms. The van der Waals surface area contributed by atoms with E-state index < -0.39 is 0 Å². The molecule has 0 aliphatic heterocycles.